The molecule has 0 bridgehead atoms. The number of aromatic nitrogens is 1. The number of hydrogen-bond acceptors (Lipinski definition) is 6. The smallest absolute Gasteiger partial charge is 0.246 e. The predicted octanol–water partition coefficient (Wildman–Crippen LogP) is 2.47. The molecule has 23 heavy (non-hydrogen) atoms. The molecule has 8 heteroatoms. The fraction of sp³-hybridized carbons (Fsp3) is 0.533. The minimum Gasteiger partial charge on any atom is -0.360 e. The first-order valence-corrected chi connectivity index (χ1v) is 10.1. The molecule has 0 spiro atoms. The van der Waals surface area contributed by atoms with Crippen molar-refractivity contribution in [1.29, 1.82) is 0 Å². The van der Waals surface area contributed by atoms with Gasteiger partial charge in [-0.3, -0.25) is 4.90 Å². The van der Waals surface area contributed by atoms with E-state index in [2.05, 4.69) is 20.8 Å². The fourth-order valence-electron chi connectivity index (χ4n) is 3.06. The molecule has 1 aliphatic heterocycles. The highest BCUT2D eigenvalue weighted by atomic mass is 32.2. The highest BCUT2D eigenvalue weighted by Gasteiger charge is 2.29. The van der Waals surface area contributed by atoms with Crippen molar-refractivity contribution in [3.63, 3.8) is 0 Å². The van der Waals surface area contributed by atoms with Crippen LogP contribution >= 0.6 is 11.3 Å². The van der Waals surface area contributed by atoms with Crippen LogP contribution in [0.3, 0.4) is 0 Å². The van der Waals surface area contributed by atoms with Gasteiger partial charge in [-0.25, -0.2) is 13.1 Å². The van der Waals surface area contributed by atoms with E-state index in [1.807, 2.05) is 11.4 Å². The van der Waals surface area contributed by atoms with Gasteiger partial charge >= 0.3 is 0 Å². The number of rotatable bonds is 6. The maximum Gasteiger partial charge on any atom is 0.246 e. The van der Waals surface area contributed by atoms with E-state index in [9.17, 15) is 8.42 Å². The van der Waals surface area contributed by atoms with Crippen LogP contribution in [-0.2, 0) is 10.0 Å². The lowest BCUT2D eigenvalue weighted by molar-refractivity contribution is 0.250. The Kier molecular flexibility index (Phi) is 4.86. The summed E-state index contributed by atoms with van der Waals surface area (Å²) in [4.78, 5) is 3.69. The standard InChI is InChI=1S/C15H21N3O3S2/c1-11-15(12(2)21-17-11)23(19,20)16-10-13(14-6-5-9-22-14)18-7-3-4-8-18/h5-6,9,13,16H,3-4,7-8,10H2,1-2H3/t13-/m0/s1. The van der Waals surface area contributed by atoms with E-state index in [0.29, 0.717) is 18.0 Å². The Balaban J connectivity index is 1.79. The third-order valence-corrected chi connectivity index (χ3v) is 6.80. The molecule has 0 aliphatic carbocycles. The number of sulfonamides is 1. The topological polar surface area (TPSA) is 75.4 Å². The van der Waals surface area contributed by atoms with E-state index in [-0.39, 0.29) is 10.9 Å². The van der Waals surface area contributed by atoms with Crippen LogP contribution in [0.1, 0.15) is 35.2 Å². The molecule has 126 valence electrons. The van der Waals surface area contributed by atoms with Crippen molar-refractivity contribution < 1.29 is 12.9 Å². The molecule has 0 amide bonds. The van der Waals surface area contributed by atoms with E-state index < -0.39 is 10.0 Å². The number of likely N-dealkylation sites (tertiary alicyclic amines) is 1. The van der Waals surface area contributed by atoms with Crippen LogP contribution in [-0.4, -0.2) is 38.1 Å². The molecular weight excluding hydrogens is 334 g/mol. The van der Waals surface area contributed by atoms with Gasteiger partial charge in [0, 0.05) is 11.4 Å². The molecule has 0 unspecified atom stereocenters. The lowest BCUT2D eigenvalue weighted by Gasteiger charge is -2.26. The average molecular weight is 355 g/mol. The Morgan fingerprint density at radius 3 is 2.70 bits per heavy atom. The fourth-order valence-corrected chi connectivity index (χ4v) is 5.29. The van der Waals surface area contributed by atoms with Crippen LogP contribution < -0.4 is 4.72 Å². The molecular formula is C15H21N3O3S2. The number of thiophene rings is 1. The zero-order valence-corrected chi connectivity index (χ0v) is 14.9. The molecule has 2 aromatic rings. The van der Waals surface area contributed by atoms with E-state index in [0.717, 1.165) is 13.1 Å². The summed E-state index contributed by atoms with van der Waals surface area (Å²) < 4.78 is 32.9. The molecule has 1 aliphatic rings. The van der Waals surface area contributed by atoms with Crippen LogP contribution in [0.5, 0.6) is 0 Å². The second kappa shape index (κ2) is 6.72. The van der Waals surface area contributed by atoms with Crippen LogP contribution in [0.25, 0.3) is 0 Å². The minimum atomic E-state index is -3.62. The maximum atomic E-state index is 12.6. The Hall–Kier alpha value is -1.22. The quantitative estimate of drug-likeness (QED) is 0.861. The first-order chi connectivity index (χ1) is 11.0. The Morgan fingerprint density at radius 1 is 1.39 bits per heavy atom. The van der Waals surface area contributed by atoms with Crippen LogP contribution in [0.15, 0.2) is 26.9 Å². The summed E-state index contributed by atoms with van der Waals surface area (Å²) in [5.74, 6) is 0.323. The average Bonchev–Trinajstić information content (AvgIpc) is 3.22. The summed E-state index contributed by atoms with van der Waals surface area (Å²) >= 11 is 1.66. The van der Waals surface area contributed by atoms with Crippen molar-refractivity contribution in [2.75, 3.05) is 19.6 Å². The van der Waals surface area contributed by atoms with E-state index >= 15 is 0 Å². The number of hydrogen-bond donors (Lipinski definition) is 1. The summed E-state index contributed by atoms with van der Waals surface area (Å²) in [5.41, 5.74) is 0.392. The molecule has 1 fully saturated rings. The monoisotopic (exact) mass is 355 g/mol. The van der Waals surface area contributed by atoms with Gasteiger partial charge in [0.15, 0.2) is 5.76 Å². The zero-order valence-electron chi connectivity index (χ0n) is 13.3. The van der Waals surface area contributed by atoms with Crippen molar-refractivity contribution in [2.24, 2.45) is 0 Å². The van der Waals surface area contributed by atoms with Crippen LogP contribution in [0, 0.1) is 13.8 Å². The van der Waals surface area contributed by atoms with Crippen LogP contribution in [0.2, 0.25) is 0 Å². The van der Waals surface area contributed by atoms with Crippen molar-refractivity contribution in [3.05, 3.63) is 33.8 Å². The summed E-state index contributed by atoms with van der Waals surface area (Å²) in [6.45, 7) is 5.63. The number of aryl methyl sites for hydroxylation is 2. The molecule has 1 atom stereocenters. The van der Waals surface area contributed by atoms with E-state index in [4.69, 9.17) is 4.52 Å². The van der Waals surface area contributed by atoms with Gasteiger partial charge in [-0.05, 0) is 51.2 Å². The van der Waals surface area contributed by atoms with Gasteiger partial charge in [-0.1, -0.05) is 11.2 Å². The van der Waals surface area contributed by atoms with Gasteiger partial charge in [0.1, 0.15) is 10.6 Å². The predicted molar refractivity (Wildman–Crippen MR) is 89.0 cm³/mol. The van der Waals surface area contributed by atoms with Crippen molar-refractivity contribution in [2.45, 2.75) is 37.6 Å². The third-order valence-electron chi connectivity index (χ3n) is 4.16. The lowest BCUT2D eigenvalue weighted by atomic mass is 10.2. The molecule has 2 aromatic heterocycles. The maximum absolute atomic E-state index is 12.6. The summed E-state index contributed by atoms with van der Waals surface area (Å²) in [7, 11) is -3.62. The Morgan fingerprint density at radius 2 is 2.13 bits per heavy atom. The van der Waals surface area contributed by atoms with Gasteiger partial charge in [0.25, 0.3) is 0 Å². The summed E-state index contributed by atoms with van der Waals surface area (Å²) in [5, 5.41) is 5.76. The number of nitrogens with zero attached hydrogens (tertiary/aromatic N) is 2. The first kappa shape index (κ1) is 16.6. The molecule has 1 N–H and O–H groups in total. The van der Waals surface area contributed by atoms with Gasteiger partial charge in [-0.2, -0.15) is 0 Å². The normalized spacial score (nSPS) is 17.7. The highest BCUT2D eigenvalue weighted by Crippen LogP contribution is 2.28. The van der Waals surface area contributed by atoms with Crippen molar-refractivity contribution >= 4 is 21.4 Å². The lowest BCUT2D eigenvalue weighted by Crippen LogP contribution is -2.36. The van der Waals surface area contributed by atoms with Crippen molar-refractivity contribution in [1.82, 2.24) is 14.8 Å². The van der Waals surface area contributed by atoms with E-state index in [1.54, 1.807) is 25.2 Å². The highest BCUT2D eigenvalue weighted by molar-refractivity contribution is 7.89. The zero-order chi connectivity index (χ0) is 16.4. The van der Waals surface area contributed by atoms with Gasteiger partial charge in [-0.15, -0.1) is 11.3 Å². The number of nitrogens with one attached hydrogen (secondary N) is 1. The van der Waals surface area contributed by atoms with Crippen LogP contribution in [0.4, 0.5) is 0 Å². The summed E-state index contributed by atoms with van der Waals surface area (Å²) in [6.07, 6.45) is 2.33. The second-order valence-electron chi connectivity index (χ2n) is 5.78. The molecule has 6 nitrogen and oxygen atoms in total. The molecule has 0 saturated carbocycles. The minimum absolute atomic E-state index is 0.0766. The Bertz CT molecular complexity index is 728. The van der Waals surface area contributed by atoms with E-state index in [1.165, 1.54) is 17.7 Å². The van der Waals surface area contributed by atoms with Gasteiger partial charge in [0.05, 0.1) is 6.04 Å². The SMILES string of the molecule is Cc1noc(C)c1S(=O)(=O)NC[C@@H](c1cccs1)N1CCCC1. The van der Waals surface area contributed by atoms with Crippen molar-refractivity contribution in [3.8, 4) is 0 Å². The largest absolute Gasteiger partial charge is 0.360 e. The first-order valence-electron chi connectivity index (χ1n) is 7.69. The molecule has 3 heterocycles. The molecule has 1 saturated heterocycles. The van der Waals surface area contributed by atoms with Gasteiger partial charge < -0.3 is 4.52 Å². The summed E-state index contributed by atoms with van der Waals surface area (Å²) in [6, 6.07) is 4.15. The molecule has 0 radical (unpaired) electrons. The molecule has 3 rings (SSSR count). The second-order valence-corrected chi connectivity index (χ2v) is 8.46. The van der Waals surface area contributed by atoms with Gasteiger partial charge in [0.2, 0.25) is 10.0 Å². The Labute approximate surface area is 140 Å². The molecule has 0 aromatic carbocycles. The third kappa shape index (κ3) is 3.50.